The average molecular weight is 291 g/mol. The van der Waals surface area contributed by atoms with Gasteiger partial charge < -0.3 is 19.9 Å². The van der Waals surface area contributed by atoms with Gasteiger partial charge in [0, 0.05) is 45.5 Å². The van der Waals surface area contributed by atoms with E-state index >= 15 is 0 Å². The van der Waals surface area contributed by atoms with Gasteiger partial charge in [-0.05, 0) is 18.2 Å². The van der Waals surface area contributed by atoms with E-state index in [1.807, 2.05) is 37.2 Å². The van der Waals surface area contributed by atoms with E-state index in [0.29, 0.717) is 18.7 Å². The van der Waals surface area contributed by atoms with Gasteiger partial charge >= 0.3 is 0 Å². The fraction of sp³-hybridized carbons (Fsp3) is 0.467. The van der Waals surface area contributed by atoms with Gasteiger partial charge in [0.05, 0.1) is 6.10 Å². The molecule has 6 nitrogen and oxygen atoms in total. The monoisotopic (exact) mass is 291 g/mol. The van der Waals surface area contributed by atoms with Gasteiger partial charge in [0.2, 0.25) is 5.91 Å². The lowest BCUT2D eigenvalue weighted by molar-refractivity contribution is -0.146. The molecule has 1 saturated heterocycles. The maximum Gasteiger partial charge on any atom is 0.251 e. The summed E-state index contributed by atoms with van der Waals surface area (Å²) < 4.78 is 5.39. The first-order valence-corrected chi connectivity index (χ1v) is 6.88. The van der Waals surface area contributed by atoms with Crippen molar-refractivity contribution in [3.05, 3.63) is 29.8 Å². The highest BCUT2D eigenvalue weighted by Crippen LogP contribution is 2.13. The van der Waals surface area contributed by atoms with Crippen LogP contribution in [0.15, 0.2) is 24.3 Å². The number of anilines is 1. The Hall–Kier alpha value is -2.08. The highest BCUT2D eigenvalue weighted by atomic mass is 16.5. The van der Waals surface area contributed by atoms with Crippen LogP contribution in [0.1, 0.15) is 10.4 Å². The number of carbonyl (C=O) groups excluding carboxylic acids is 2. The van der Waals surface area contributed by atoms with Crippen molar-refractivity contribution < 1.29 is 14.3 Å². The van der Waals surface area contributed by atoms with Gasteiger partial charge in [-0.25, -0.2) is 0 Å². The Labute approximate surface area is 124 Å². The number of likely N-dealkylation sites (N-methyl/N-ethyl adjacent to an activating group) is 1. The van der Waals surface area contributed by atoms with Crippen LogP contribution in [-0.4, -0.2) is 63.7 Å². The van der Waals surface area contributed by atoms with Crippen molar-refractivity contribution in [1.82, 2.24) is 10.2 Å². The number of benzene rings is 1. The van der Waals surface area contributed by atoms with E-state index in [1.54, 1.807) is 18.0 Å². The number of hydrogen-bond acceptors (Lipinski definition) is 4. The largest absolute Gasteiger partial charge is 0.378 e. The molecule has 0 saturated carbocycles. The second-order valence-electron chi connectivity index (χ2n) is 5.36. The van der Waals surface area contributed by atoms with Gasteiger partial charge in [0.25, 0.3) is 5.91 Å². The van der Waals surface area contributed by atoms with Crippen molar-refractivity contribution >= 4 is 17.5 Å². The maximum atomic E-state index is 12.1. The summed E-state index contributed by atoms with van der Waals surface area (Å²) >= 11 is 0. The van der Waals surface area contributed by atoms with E-state index in [1.165, 1.54) is 0 Å². The summed E-state index contributed by atoms with van der Waals surface area (Å²) in [7, 11) is 5.60. The Kier molecular flexibility index (Phi) is 4.80. The van der Waals surface area contributed by atoms with Crippen LogP contribution < -0.4 is 10.2 Å². The van der Waals surface area contributed by atoms with E-state index in [-0.39, 0.29) is 24.5 Å². The average Bonchev–Trinajstić information content (AvgIpc) is 2.48. The van der Waals surface area contributed by atoms with Crippen LogP contribution in [0.2, 0.25) is 0 Å². The van der Waals surface area contributed by atoms with E-state index < -0.39 is 0 Å². The minimum absolute atomic E-state index is 0.0312. The molecule has 0 spiro atoms. The molecule has 2 amide bonds. The number of rotatable bonds is 4. The number of amides is 2. The Bertz CT molecular complexity index is 531. The molecule has 1 N–H and O–H groups in total. The first-order valence-electron chi connectivity index (χ1n) is 6.88. The third kappa shape index (κ3) is 3.95. The number of hydrogen-bond donors (Lipinski definition) is 1. The highest BCUT2D eigenvalue weighted by Gasteiger charge is 2.23. The molecule has 1 aliphatic heterocycles. The number of morpholine rings is 1. The maximum absolute atomic E-state index is 12.1. The van der Waals surface area contributed by atoms with Crippen molar-refractivity contribution in [3.8, 4) is 0 Å². The van der Waals surface area contributed by atoms with Crippen molar-refractivity contribution in [2.45, 2.75) is 6.10 Å². The van der Waals surface area contributed by atoms with Crippen molar-refractivity contribution in [2.24, 2.45) is 0 Å². The quantitative estimate of drug-likeness (QED) is 0.869. The number of nitrogens with one attached hydrogen (secondary N) is 1. The van der Waals surface area contributed by atoms with Crippen LogP contribution >= 0.6 is 0 Å². The van der Waals surface area contributed by atoms with Crippen LogP contribution in [0.25, 0.3) is 0 Å². The third-order valence-corrected chi connectivity index (χ3v) is 3.46. The topological polar surface area (TPSA) is 61.9 Å². The Morgan fingerprint density at radius 1 is 1.48 bits per heavy atom. The zero-order chi connectivity index (χ0) is 15.4. The van der Waals surface area contributed by atoms with Gasteiger partial charge in [-0.3, -0.25) is 9.59 Å². The van der Waals surface area contributed by atoms with Crippen LogP contribution in [0.3, 0.4) is 0 Å². The second kappa shape index (κ2) is 6.58. The Balaban J connectivity index is 1.90. The van der Waals surface area contributed by atoms with Crippen LogP contribution in [0.5, 0.6) is 0 Å². The summed E-state index contributed by atoms with van der Waals surface area (Å²) in [6.45, 7) is 0.965. The van der Waals surface area contributed by atoms with Crippen LogP contribution in [0.4, 0.5) is 5.69 Å². The molecule has 1 unspecified atom stereocenters. The molecular formula is C15H21N3O3. The van der Waals surface area contributed by atoms with Gasteiger partial charge in [0.15, 0.2) is 0 Å². The first kappa shape index (κ1) is 15.3. The van der Waals surface area contributed by atoms with Gasteiger partial charge in [-0.15, -0.1) is 0 Å². The van der Waals surface area contributed by atoms with E-state index in [4.69, 9.17) is 4.74 Å². The molecule has 1 aliphatic rings. The summed E-state index contributed by atoms with van der Waals surface area (Å²) in [6.07, 6.45) is -0.159. The van der Waals surface area contributed by atoms with Crippen molar-refractivity contribution in [2.75, 3.05) is 45.7 Å². The zero-order valence-corrected chi connectivity index (χ0v) is 12.6. The van der Waals surface area contributed by atoms with Gasteiger partial charge in [-0.2, -0.15) is 0 Å². The molecule has 1 fully saturated rings. The predicted octanol–water partition coefficient (Wildman–Crippen LogP) is 0.340. The van der Waals surface area contributed by atoms with Crippen molar-refractivity contribution in [3.63, 3.8) is 0 Å². The SMILES string of the molecule is CN1CC(CNC(=O)c2cccc(N(C)C)c2)OCC1=O. The summed E-state index contributed by atoms with van der Waals surface area (Å²) in [4.78, 5) is 27.0. The van der Waals surface area contributed by atoms with E-state index in [9.17, 15) is 9.59 Å². The Morgan fingerprint density at radius 3 is 2.90 bits per heavy atom. The van der Waals surface area contributed by atoms with Gasteiger partial charge in [0.1, 0.15) is 6.61 Å². The first-order chi connectivity index (χ1) is 9.97. The molecule has 0 aromatic heterocycles. The number of nitrogens with zero attached hydrogens (tertiary/aromatic N) is 2. The summed E-state index contributed by atoms with van der Waals surface area (Å²) in [5.74, 6) is -0.168. The molecule has 1 atom stereocenters. The minimum Gasteiger partial charge on any atom is -0.378 e. The minimum atomic E-state index is -0.159. The normalized spacial score (nSPS) is 18.5. The van der Waals surface area contributed by atoms with Crippen LogP contribution in [-0.2, 0) is 9.53 Å². The zero-order valence-electron chi connectivity index (χ0n) is 12.6. The Morgan fingerprint density at radius 2 is 2.24 bits per heavy atom. The molecular weight excluding hydrogens is 270 g/mol. The second-order valence-corrected chi connectivity index (χ2v) is 5.36. The molecule has 114 valence electrons. The summed E-state index contributed by atoms with van der Waals surface area (Å²) in [5, 5.41) is 2.85. The lowest BCUT2D eigenvalue weighted by Gasteiger charge is -2.29. The molecule has 0 bridgehead atoms. The number of ether oxygens (including phenoxy) is 1. The van der Waals surface area contributed by atoms with E-state index in [0.717, 1.165) is 5.69 Å². The smallest absolute Gasteiger partial charge is 0.251 e. The molecule has 0 aliphatic carbocycles. The highest BCUT2D eigenvalue weighted by molar-refractivity contribution is 5.95. The molecule has 2 rings (SSSR count). The third-order valence-electron chi connectivity index (χ3n) is 3.46. The molecule has 1 aromatic rings. The standard InChI is InChI=1S/C15H21N3O3/c1-17(2)12-6-4-5-11(7-12)15(20)16-8-13-9-18(3)14(19)10-21-13/h4-7,13H,8-10H2,1-3H3,(H,16,20). The predicted molar refractivity (Wildman–Crippen MR) is 80.5 cm³/mol. The summed E-state index contributed by atoms with van der Waals surface area (Å²) in [5.41, 5.74) is 1.59. The number of carbonyl (C=O) groups is 2. The van der Waals surface area contributed by atoms with Crippen LogP contribution in [0, 0.1) is 0 Å². The lowest BCUT2D eigenvalue weighted by atomic mass is 10.1. The summed E-state index contributed by atoms with van der Waals surface area (Å²) in [6, 6.07) is 7.42. The van der Waals surface area contributed by atoms with E-state index in [2.05, 4.69) is 5.32 Å². The lowest BCUT2D eigenvalue weighted by Crippen LogP contribution is -2.48. The van der Waals surface area contributed by atoms with Gasteiger partial charge in [-0.1, -0.05) is 6.07 Å². The molecule has 1 aromatic carbocycles. The molecule has 6 heteroatoms. The fourth-order valence-corrected chi connectivity index (χ4v) is 2.12. The fourth-order valence-electron chi connectivity index (χ4n) is 2.12. The van der Waals surface area contributed by atoms with Crippen molar-refractivity contribution in [1.29, 1.82) is 0 Å². The molecule has 21 heavy (non-hydrogen) atoms. The molecule has 1 heterocycles. The molecule has 0 radical (unpaired) electrons.